The lowest BCUT2D eigenvalue weighted by molar-refractivity contribution is -0.140. The van der Waals surface area contributed by atoms with Crippen molar-refractivity contribution in [2.45, 2.75) is 32.1 Å². The normalized spacial score (nSPS) is 23.3. The number of rotatable bonds is 4. The monoisotopic (exact) mass is 368 g/mol. The fourth-order valence-corrected chi connectivity index (χ4v) is 3.81. The van der Waals surface area contributed by atoms with E-state index in [9.17, 15) is 14.4 Å². The van der Waals surface area contributed by atoms with E-state index in [4.69, 9.17) is 23.2 Å². The molecule has 2 unspecified atom stereocenters. The van der Waals surface area contributed by atoms with Crippen LogP contribution in [0.25, 0.3) is 0 Å². The van der Waals surface area contributed by atoms with Gasteiger partial charge in [-0.2, -0.15) is 0 Å². The summed E-state index contributed by atoms with van der Waals surface area (Å²) >= 11 is 11.9. The van der Waals surface area contributed by atoms with Crippen LogP contribution in [-0.2, 0) is 14.4 Å². The summed E-state index contributed by atoms with van der Waals surface area (Å²) in [5.74, 6) is -0.931. The molecule has 2 aliphatic rings. The van der Waals surface area contributed by atoms with Gasteiger partial charge in [-0.3, -0.25) is 19.3 Å². The van der Waals surface area contributed by atoms with Gasteiger partial charge in [0, 0.05) is 18.0 Å². The van der Waals surface area contributed by atoms with Gasteiger partial charge in [0.25, 0.3) is 0 Å². The van der Waals surface area contributed by atoms with Crippen molar-refractivity contribution in [3.8, 4) is 0 Å². The fourth-order valence-electron chi connectivity index (χ4n) is 3.47. The fraction of sp³-hybridized carbons (Fsp3) is 0.471. The molecule has 0 bridgehead atoms. The van der Waals surface area contributed by atoms with Crippen LogP contribution < -0.4 is 5.32 Å². The summed E-state index contributed by atoms with van der Waals surface area (Å²) in [5.41, 5.74) is 0.418. The van der Waals surface area contributed by atoms with Crippen LogP contribution in [-0.4, -0.2) is 29.2 Å². The number of carbonyl (C=O) groups excluding carboxylic acids is 3. The van der Waals surface area contributed by atoms with Crippen molar-refractivity contribution in [2.24, 2.45) is 11.8 Å². The molecule has 0 radical (unpaired) electrons. The number of anilines is 1. The molecule has 1 aliphatic carbocycles. The highest BCUT2D eigenvalue weighted by Crippen LogP contribution is 2.38. The van der Waals surface area contributed by atoms with Gasteiger partial charge in [0.15, 0.2) is 0 Å². The summed E-state index contributed by atoms with van der Waals surface area (Å²) in [6, 6.07) is 4.78. The maximum Gasteiger partial charge on any atom is 0.233 e. The zero-order chi connectivity index (χ0) is 17.3. The molecule has 128 valence electrons. The van der Waals surface area contributed by atoms with Crippen LogP contribution >= 0.6 is 23.2 Å². The SMILES string of the molecule is O=C(CCN1C(=O)C2CCCCC2C1=O)Nc1cc(Cl)ccc1Cl. The number of benzene rings is 1. The summed E-state index contributed by atoms with van der Waals surface area (Å²) in [6.45, 7) is 0.106. The number of halogens is 2. The van der Waals surface area contributed by atoms with E-state index in [1.54, 1.807) is 18.2 Å². The number of amides is 3. The average Bonchev–Trinajstić information content (AvgIpc) is 2.81. The molecule has 0 aromatic heterocycles. The van der Waals surface area contributed by atoms with Crippen LogP contribution in [0.5, 0.6) is 0 Å². The number of imide groups is 1. The van der Waals surface area contributed by atoms with Crippen molar-refractivity contribution in [2.75, 3.05) is 11.9 Å². The highest BCUT2D eigenvalue weighted by Gasteiger charge is 2.47. The zero-order valence-electron chi connectivity index (χ0n) is 13.1. The number of fused-ring (bicyclic) bond motifs is 1. The molecule has 7 heteroatoms. The number of hydrogen-bond acceptors (Lipinski definition) is 3. The van der Waals surface area contributed by atoms with E-state index < -0.39 is 0 Å². The van der Waals surface area contributed by atoms with Gasteiger partial charge in [0.1, 0.15) is 0 Å². The zero-order valence-corrected chi connectivity index (χ0v) is 14.6. The van der Waals surface area contributed by atoms with E-state index in [1.807, 2.05) is 0 Å². The van der Waals surface area contributed by atoms with Crippen molar-refractivity contribution in [3.05, 3.63) is 28.2 Å². The molecule has 1 aliphatic heterocycles. The largest absolute Gasteiger partial charge is 0.325 e. The third kappa shape index (κ3) is 3.42. The first-order valence-corrected chi connectivity index (χ1v) is 8.83. The number of nitrogens with zero attached hydrogens (tertiary/aromatic N) is 1. The highest BCUT2D eigenvalue weighted by molar-refractivity contribution is 6.35. The van der Waals surface area contributed by atoms with Crippen LogP contribution in [0, 0.1) is 11.8 Å². The Labute approximate surface area is 150 Å². The first-order valence-electron chi connectivity index (χ1n) is 8.07. The molecule has 5 nitrogen and oxygen atoms in total. The molecule has 1 N–H and O–H groups in total. The number of likely N-dealkylation sites (tertiary alicyclic amines) is 1. The molecule has 1 saturated carbocycles. The molecule has 0 spiro atoms. The quantitative estimate of drug-likeness (QED) is 0.827. The first-order chi connectivity index (χ1) is 11.5. The van der Waals surface area contributed by atoms with Crippen LogP contribution in [0.1, 0.15) is 32.1 Å². The summed E-state index contributed by atoms with van der Waals surface area (Å²) in [5, 5.41) is 3.51. The average molecular weight is 369 g/mol. The summed E-state index contributed by atoms with van der Waals surface area (Å²) in [6.07, 6.45) is 3.56. The topological polar surface area (TPSA) is 66.5 Å². The molecule has 3 rings (SSSR count). The predicted octanol–water partition coefficient (Wildman–Crippen LogP) is 3.50. The van der Waals surface area contributed by atoms with Crippen molar-refractivity contribution < 1.29 is 14.4 Å². The number of carbonyl (C=O) groups is 3. The summed E-state index contributed by atoms with van der Waals surface area (Å²) in [7, 11) is 0. The smallest absolute Gasteiger partial charge is 0.233 e. The summed E-state index contributed by atoms with van der Waals surface area (Å²) < 4.78 is 0. The second kappa shape index (κ2) is 7.11. The Balaban J connectivity index is 1.59. The molecule has 3 amide bonds. The van der Waals surface area contributed by atoms with Gasteiger partial charge in [-0.1, -0.05) is 36.0 Å². The lowest BCUT2D eigenvalue weighted by Crippen LogP contribution is -2.34. The van der Waals surface area contributed by atoms with E-state index in [0.717, 1.165) is 25.7 Å². The minimum Gasteiger partial charge on any atom is -0.325 e. The Morgan fingerprint density at radius 3 is 2.38 bits per heavy atom. The Morgan fingerprint density at radius 1 is 1.12 bits per heavy atom. The minimum atomic E-state index is -0.311. The Bertz CT molecular complexity index is 668. The third-order valence-corrected chi connectivity index (χ3v) is 5.26. The van der Waals surface area contributed by atoms with Crippen LogP contribution in [0.4, 0.5) is 5.69 Å². The van der Waals surface area contributed by atoms with Gasteiger partial charge in [-0.25, -0.2) is 0 Å². The Hall–Kier alpha value is -1.59. The number of hydrogen-bond donors (Lipinski definition) is 1. The van der Waals surface area contributed by atoms with Crippen molar-refractivity contribution >= 4 is 46.6 Å². The molecule has 1 heterocycles. The second-order valence-corrected chi connectivity index (χ2v) is 7.09. The van der Waals surface area contributed by atoms with Gasteiger partial charge in [0.05, 0.1) is 22.5 Å². The van der Waals surface area contributed by atoms with E-state index in [2.05, 4.69) is 5.32 Å². The van der Waals surface area contributed by atoms with E-state index in [0.29, 0.717) is 15.7 Å². The molecular formula is C17H18Cl2N2O3. The van der Waals surface area contributed by atoms with Crippen LogP contribution in [0.3, 0.4) is 0 Å². The Kier molecular flexibility index (Phi) is 5.11. The second-order valence-electron chi connectivity index (χ2n) is 6.25. The Morgan fingerprint density at radius 2 is 1.75 bits per heavy atom. The maximum atomic E-state index is 12.4. The van der Waals surface area contributed by atoms with Gasteiger partial charge in [-0.05, 0) is 31.0 Å². The number of nitrogens with one attached hydrogen (secondary N) is 1. The van der Waals surface area contributed by atoms with E-state index >= 15 is 0 Å². The van der Waals surface area contributed by atoms with E-state index in [-0.39, 0.29) is 42.5 Å². The lowest BCUT2D eigenvalue weighted by Gasteiger charge is -2.19. The molecule has 2 fully saturated rings. The molecule has 1 aromatic rings. The molecule has 24 heavy (non-hydrogen) atoms. The lowest BCUT2D eigenvalue weighted by atomic mass is 9.81. The predicted molar refractivity (Wildman–Crippen MR) is 91.9 cm³/mol. The summed E-state index contributed by atoms with van der Waals surface area (Å²) in [4.78, 5) is 38.1. The molecule has 1 saturated heterocycles. The van der Waals surface area contributed by atoms with Crippen molar-refractivity contribution in [3.63, 3.8) is 0 Å². The first kappa shape index (κ1) is 17.2. The molecule has 1 aromatic carbocycles. The van der Waals surface area contributed by atoms with Crippen molar-refractivity contribution in [1.29, 1.82) is 0 Å². The van der Waals surface area contributed by atoms with Crippen molar-refractivity contribution in [1.82, 2.24) is 4.90 Å². The third-order valence-electron chi connectivity index (χ3n) is 4.70. The van der Waals surface area contributed by atoms with Gasteiger partial charge >= 0.3 is 0 Å². The van der Waals surface area contributed by atoms with Gasteiger partial charge in [0.2, 0.25) is 17.7 Å². The van der Waals surface area contributed by atoms with Gasteiger partial charge < -0.3 is 5.32 Å². The molecular weight excluding hydrogens is 351 g/mol. The standard InChI is InChI=1S/C17H18Cl2N2O3/c18-10-5-6-13(19)14(9-10)20-15(22)7-8-21-16(23)11-3-1-2-4-12(11)17(21)24/h5-6,9,11-12H,1-4,7-8H2,(H,20,22). The highest BCUT2D eigenvalue weighted by atomic mass is 35.5. The molecule has 2 atom stereocenters. The minimum absolute atomic E-state index is 0.0414. The maximum absolute atomic E-state index is 12.4. The van der Waals surface area contributed by atoms with Crippen LogP contribution in [0.2, 0.25) is 10.0 Å². The van der Waals surface area contributed by atoms with Gasteiger partial charge in [-0.15, -0.1) is 0 Å². The van der Waals surface area contributed by atoms with E-state index in [1.165, 1.54) is 4.90 Å². The van der Waals surface area contributed by atoms with Crippen LogP contribution in [0.15, 0.2) is 18.2 Å².